The maximum Gasteiger partial charge on any atom is 0.337 e. The summed E-state index contributed by atoms with van der Waals surface area (Å²) in [5.74, 6) is -1.40. The number of nitrogens with two attached hydrogens (primary N) is 3. The third-order valence-electron chi connectivity index (χ3n) is 10.4. The Balaban J connectivity index is 0.000000175. The zero-order chi connectivity index (χ0) is 45.6. The standard InChI is InChI=1S/C22H23N3O5S.C11H14N2O5S.C10H10N2O/c1-14-10-22(27)24-19-4-2-15(11-17(14)19)12-21(26)18-13-16(31(23,28)29)3-5-20(18)25-6-8-30-9-7-25;12-19(16,17)8-1-2-10(9(7-8)11(14)15)13-3-5-18-6-4-13;1-6-4-10(13)12-9-3-2-7(11)5-8(6)9/h2-5,10-11,13H,6-9,12H2,1H3,(H,24,27)(H2,23,28,29);1-2,7H,3-6H2,(H,14,15)(H2,12,16,17);2-5H,11H2,1H3,(H,12,13). The van der Waals surface area contributed by atoms with Crippen LogP contribution in [0.15, 0.2) is 104 Å². The molecule has 2 aliphatic heterocycles. The Kier molecular flexibility index (Phi) is 14.1. The number of fused-ring (bicyclic) bond motifs is 2. The smallest absolute Gasteiger partial charge is 0.337 e. The summed E-state index contributed by atoms with van der Waals surface area (Å²) < 4.78 is 56.8. The number of carboxylic acid groups (broad SMARTS) is 1. The number of pyridine rings is 2. The summed E-state index contributed by atoms with van der Waals surface area (Å²) in [6.45, 7) is 8.18. The van der Waals surface area contributed by atoms with Gasteiger partial charge in [0.15, 0.2) is 5.78 Å². The molecule has 0 atom stereocenters. The van der Waals surface area contributed by atoms with Crippen LogP contribution in [-0.2, 0) is 35.9 Å². The second-order valence-electron chi connectivity index (χ2n) is 14.9. The molecule has 2 aliphatic rings. The molecule has 332 valence electrons. The van der Waals surface area contributed by atoms with Gasteiger partial charge in [-0.05, 0) is 97.3 Å². The number of aryl methyl sites for hydroxylation is 2. The maximum atomic E-state index is 13.3. The average molecular weight is 902 g/mol. The minimum Gasteiger partial charge on any atom is -0.478 e. The molecule has 9 N–H and O–H groups in total. The van der Waals surface area contributed by atoms with E-state index < -0.39 is 26.0 Å². The van der Waals surface area contributed by atoms with Crippen molar-refractivity contribution in [2.75, 3.05) is 68.1 Å². The molecule has 0 radical (unpaired) electrons. The number of aromatic carboxylic acids is 1. The zero-order valence-electron chi connectivity index (χ0n) is 34.4. The number of aromatic amines is 2. The minimum atomic E-state index is -3.95. The number of ketones is 1. The Bertz CT molecular complexity index is 3050. The predicted molar refractivity (Wildman–Crippen MR) is 240 cm³/mol. The van der Waals surface area contributed by atoms with E-state index in [1.165, 1.54) is 30.3 Å². The summed E-state index contributed by atoms with van der Waals surface area (Å²) in [6.07, 6.45) is 0.0833. The van der Waals surface area contributed by atoms with Crippen LogP contribution in [0.1, 0.15) is 37.4 Å². The van der Waals surface area contributed by atoms with Gasteiger partial charge in [0.05, 0.1) is 47.5 Å². The number of anilines is 3. The molecular weight excluding hydrogens is 855 g/mol. The lowest BCUT2D eigenvalue weighted by Gasteiger charge is -2.30. The molecule has 8 rings (SSSR count). The minimum absolute atomic E-state index is 0.0743. The van der Waals surface area contributed by atoms with Gasteiger partial charge in [-0.2, -0.15) is 0 Å². The largest absolute Gasteiger partial charge is 0.478 e. The molecule has 0 aliphatic carbocycles. The SMILES string of the molecule is Cc1cc(=O)[nH]c2ccc(CC(=O)c3cc(S(N)(=O)=O)ccc3N3CCOCC3)cc12.Cc1cc(=O)[nH]c2ccc(N)cc12.NS(=O)(=O)c1ccc(N2CCOCC2)c(C(=O)O)c1. The molecular formula is C43H47N7O11S2. The monoisotopic (exact) mass is 901 g/mol. The van der Waals surface area contributed by atoms with Crippen LogP contribution in [0.4, 0.5) is 17.1 Å². The quantitative estimate of drug-likeness (QED) is 0.0946. The van der Waals surface area contributed by atoms with Crippen LogP contribution in [0, 0.1) is 13.8 Å². The number of morpholine rings is 2. The number of carbonyl (C=O) groups is 2. The second kappa shape index (κ2) is 19.3. The molecule has 0 amide bonds. The third kappa shape index (κ3) is 11.5. The molecule has 6 aromatic rings. The highest BCUT2D eigenvalue weighted by Gasteiger charge is 2.23. The maximum absolute atomic E-state index is 13.3. The third-order valence-corrected chi connectivity index (χ3v) is 12.2. The van der Waals surface area contributed by atoms with E-state index in [0.717, 1.165) is 39.0 Å². The van der Waals surface area contributed by atoms with Gasteiger partial charge in [-0.3, -0.25) is 14.4 Å². The number of aromatic nitrogens is 2. The molecule has 0 saturated carbocycles. The first kappa shape index (κ1) is 46.1. The van der Waals surface area contributed by atoms with Crippen molar-refractivity contribution < 1.29 is 41.0 Å². The van der Waals surface area contributed by atoms with Gasteiger partial charge >= 0.3 is 5.97 Å². The summed E-state index contributed by atoms with van der Waals surface area (Å²) in [5, 5.41) is 21.3. The van der Waals surface area contributed by atoms with Crippen LogP contribution in [0.3, 0.4) is 0 Å². The van der Waals surface area contributed by atoms with Crippen LogP contribution < -0.4 is 36.9 Å². The first-order valence-electron chi connectivity index (χ1n) is 19.6. The Morgan fingerprint density at radius 1 is 0.635 bits per heavy atom. The van der Waals surface area contributed by atoms with Gasteiger partial charge in [0, 0.05) is 83.5 Å². The van der Waals surface area contributed by atoms with Gasteiger partial charge in [0.1, 0.15) is 0 Å². The van der Waals surface area contributed by atoms with E-state index in [4.69, 9.17) is 25.5 Å². The molecule has 63 heavy (non-hydrogen) atoms. The summed E-state index contributed by atoms with van der Waals surface area (Å²) >= 11 is 0. The number of carbonyl (C=O) groups excluding carboxylic acids is 1. The van der Waals surface area contributed by atoms with Crippen LogP contribution in [0.2, 0.25) is 0 Å². The molecule has 20 heteroatoms. The van der Waals surface area contributed by atoms with Crippen molar-refractivity contribution in [3.8, 4) is 0 Å². The number of nitrogen functional groups attached to an aromatic ring is 1. The highest BCUT2D eigenvalue weighted by atomic mass is 32.2. The number of hydrogen-bond acceptors (Lipinski definition) is 13. The normalized spacial score (nSPS) is 14.3. The van der Waals surface area contributed by atoms with Crippen LogP contribution in [0.5, 0.6) is 0 Å². The molecule has 0 spiro atoms. The first-order chi connectivity index (χ1) is 29.8. The van der Waals surface area contributed by atoms with Crippen molar-refractivity contribution in [1.82, 2.24) is 9.97 Å². The lowest BCUT2D eigenvalue weighted by molar-refractivity contribution is 0.0695. The second-order valence-corrected chi connectivity index (χ2v) is 18.0. The lowest BCUT2D eigenvalue weighted by atomic mass is 9.98. The van der Waals surface area contributed by atoms with E-state index in [9.17, 15) is 41.1 Å². The summed E-state index contributed by atoms with van der Waals surface area (Å²) in [4.78, 5) is 56.4. The summed E-state index contributed by atoms with van der Waals surface area (Å²) in [5.41, 5.74) is 11.5. The van der Waals surface area contributed by atoms with Crippen LogP contribution in [0.25, 0.3) is 21.8 Å². The number of carboxylic acids is 1. The van der Waals surface area contributed by atoms with Crippen molar-refractivity contribution in [3.63, 3.8) is 0 Å². The number of sulfonamides is 2. The number of ether oxygens (including phenoxy) is 2. The number of primary sulfonamides is 2. The number of nitrogens with zero attached hydrogens (tertiary/aromatic N) is 2. The highest BCUT2D eigenvalue weighted by molar-refractivity contribution is 7.89. The van der Waals surface area contributed by atoms with E-state index in [1.807, 2.05) is 41.8 Å². The van der Waals surface area contributed by atoms with E-state index in [-0.39, 0.29) is 38.7 Å². The lowest BCUT2D eigenvalue weighted by Crippen LogP contribution is -2.37. The Morgan fingerprint density at radius 2 is 1.08 bits per heavy atom. The number of benzene rings is 4. The number of hydrogen-bond donors (Lipinski definition) is 6. The van der Waals surface area contributed by atoms with E-state index >= 15 is 0 Å². The molecule has 0 unspecified atom stereocenters. The van der Waals surface area contributed by atoms with Crippen LogP contribution in [-0.4, -0.2) is 96.3 Å². The van der Waals surface area contributed by atoms with Gasteiger partial charge in [-0.25, -0.2) is 31.9 Å². The van der Waals surface area contributed by atoms with Crippen LogP contribution >= 0.6 is 0 Å². The molecule has 4 aromatic carbocycles. The summed E-state index contributed by atoms with van der Waals surface area (Å²) in [7, 11) is -7.86. The number of Topliss-reactive ketones (excluding diaryl/α,β-unsaturated/α-hetero) is 1. The Morgan fingerprint density at radius 3 is 1.56 bits per heavy atom. The van der Waals surface area contributed by atoms with Crippen molar-refractivity contribution in [3.05, 3.63) is 133 Å². The topological polar surface area (TPSA) is 291 Å². The number of rotatable bonds is 8. The van der Waals surface area contributed by atoms with Crippen molar-refractivity contribution in [1.29, 1.82) is 0 Å². The molecule has 2 aromatic heterocycles. The number of nitrogens with one attached hydrogen (secondary N) is 2. The highest BCUT2D eigenvalue weighted by Crippen LogP contribution is 2.28. The molecule has 0 bridgehead atoms. The van der Waals surface area contributed by atoms with E-state index in [0.29, 0.717) is 80.7 Å². The van der Waals surface area contributed by atoms with Gasteiger partial charge < -0.3 is 40.1 Å². The van der Waals surface area contributed by atoms with Crippen molar-refractivity contribution in [2.45, 2.75) is 30.1 Å². The molecule has 4 heterocycles. The molecule has 18 nitrogen and oxygen atoms in total. The summed E-state index contributed by atoms with van der Waals surface area (Å²) in [6, 6.07) is 22.2. The van der Waals surface area contributed by atoms with Crippen molar-refractivity contribution in [2.24, 2.45) is 10.3 Å². The van der Waals surface area contributed by atoms with E-state index in [1.54, 1.807) is 30.3 Å². The van der Waals surface area contributed by atoms with Crippen molar-refractivity contribution >= 4 is 70.7 Å². The Labute approximate surface area is 362 Å². The fourth-order valence-corrected chi connectivity index (χ4v) is 8.32. The molecule has 2 saturated heterocycles. The van der Waals surface area contributed by atoms with Gasteiger partial charge in [0.2, 0.25) is 31.2 Å². The number of H-pyrrole nitrogens is 2. The fraction of sp³-hybridized carbons (Fsp3) is 0.256. The zero-order valence-corrected chi connectivity index (χ0v) is 36.1. The van der Waals surface area contributed by atoms with Gasteiger partial charge in [-0.15, -0.1) is 0 Å². The average Bonchev–Trinajstić information content (AvgIpc) is 3.24. The first-order valence-corrected chi connectivity index (χ1v) is 22.6. The fourth-order valence-electron chi connectivity index (χ4n) is 7.24. The van der Waals surface area contributed by atoms with Gasteiger partial charge in [0.25, 0.3) is 0 Å². The molecule has 2 fully saturated rings. The van der Waals surface area contributed by atoms with E-state index in [2.05, 4.69) is 9.97 Å². The Hall–Kier alpha value is -6.42. The predicted octanol–water partition coefficient (Wildman–Crippen LogP) is 3.03. The van der Waals surface area contributed by atoms with Gasteiger partial charge in [-0.1, -0.05) is 6.07 Å².